The quantitative estimate of drug-likeness (QED) is 0.643. The maximum Gasteiger partial charge on any atom is 0.471 e. The molecule has 1 aromatic carbocycles. The summed E-state index contributed by atoms with van der Waals surface area (Å²) in [5, 5.41) is 2.69. The lowest BCUT2D eigenvalue weighted by Crippen LogP contribution is -2.30. The highest BCUT2D eigenvalue weighted by molar-refractivity contribution is 7.99. The normalized spacial score (nSPS) is 11.7. The van der Waals surface area contributed by atoms with Crippen molar-refractivity contribution in [3.63, 3.8) is 0 Å². The van der Waals surface area contributed by atoms with E-state index >= 15 is 0 Å². The smallest absolute Gasteiger partial charge is 0.304 e. The molecule has 25 heavy (non-hydrogen) atoms. The van der Waals surface area contributed by atoms with E-state index < -0.39 is 12.1 Å². The van der Waals surface area contributed by atoms with E-state index in [9.17, 15) is 18.0 Å². The molecule has 0 saturated heterocycles. The Bertz CT molecular complexity index is 939. The molecule has 1 amide bonds. The zero-order chi connectivity index (χ0) is 18.2. The Balaban J connectivity index is 1.87. The summed E-state index contributed by atoms with van der Waals surface area (Å²) in [5.41, 5.74) is 0.382. The number of nitrogens with zero attached hydrogens (tertiary/aromatic N) is 2. The van der Waals surface area contributed by atoms with Crippen molar-refractivity contribution in [2.75, 3.05) is 5.32 Å². The van der Waals surface area contributed by atoms with Gasteiger partial charge in [-0.05, 0) is 24.3 Å². The van der Waals surface area contributed by atoms with Gasteiger partial charge in [0.25, 0.3) is 0 Å². The van der Waals surface area contributed by atoms with Gasteiger partial charge in [-0.3, -0.25) is 4.79 Å². The summed E-state index contributed by atoms with van der Waals surface area (Å²) >= 11 is 13.5. The van der Waals surface area contributed by atoms with Gasteiger partial charge in [-0.15, -0.1) is 0 Å². The minimum absolute atomic E-state index is 0.194. The summed E-state index contributed by atoms with van der Waals surface area (Å²) in [7, 11) is 0. The molecule has 1 N–H and O–H groups in total. The Morgan fingerprint density at radius 2 is 1.80 bits per heavy atom. The zero-order valence-corrected chi connectivity index (χ0v) is 14.5. The number of pyridine rings is 1. The number of carbonyl (C=O) groups excluding carboxylic acids is 1. The Kier molecular flexibility index (Phi) is 4.86. The fraction of sp³-hybridized carbons (Fsp3) is 0.0667. The van der Waals surface area contributed by atoms with Crippen LogP contribution in [0.4, 0.5) is 19.0 Å². The van der Waals surface area contributed by atoms with Crippen LogP contribution in [0.3, 0.4) is 0 Å². The summed E-state index contributed by atoms with van der Waals surface area (Å²) in [6.45, 7) is 0. The fourth-order valence-electron chi connectivity index (χ4n) is 1.98. The van der Waals surface area contributed by atoms with Gasteiger partial charge < -0.3 is 9.72 Å². The average molecular weight is 406 g/mol. The minimum atomic E-state index is -4.97. The van der Waals surface area contributed by atoms with Gasteiger partial charge in [0.15, 0.2) is 5.82 Å². The molecule has 0 atom stereocenters. The highest BCUT2D eigenvalue weighted by Gasteiger charge is 2.39. The Morgan fingerprint density at radius 3 is 2.44 bits per heavy atom. The summed E-state index contributed by atoms with van der Waals surface area (Å²) < 4.78 is 38.4. The lowest BCUT2D eigenvalue weighted by Gasteiger charge is -2.06. The van der Waals surface area contributed by atoms with Crippen LogP contribution in [0.1, 0.15) is 0 Å². The van der Waals surface area contributed by atoms with Gasteiger partial charge >= 0.3 is 12.1 Å². The summed E-state index contributed by atoms with van der Waals surface area (Å²) in [6, 6.07) is 8.47. The van der Waals surface area contributed by atoms with Crippen molar-refractivity contribution in [2.45, 2.75) is 16.0 Å². The highest BCUT2D eigenvalue weighted by atomic mass is 35.5. The Morgan fingerprint density at radius 1 is 1.12 bits per heavy atom. The third-order valence-electron chi connectivity index (χ3n) is 3.06. The summed E-state index contributed by atoms with van der Waals surface area (Å²) in [4.78, 5) is 16.3. The van der Waals surface area contributed by atoms with Gasteiger partial charge in [0, 0.05) is 16.0 Å². The van der Waals surface area contributed by atoms with Crippen LogP contribution in [0.2, 0.25) is 10.0 Å². The number of hydrogen-bond donors (Lipinski definition) is 1. The molecular formula is C15H8Cl2F3N3OS. The van der Waals surface area contributed by atoms with Crippen molar-refractivity contribution >= 4 is 52.3 Å². The predicted octanol–water partition coefficient (Wildman–Crippen LogP) is 5.29. The van der Waals surface area contributed by atoms with Crippen LogP contribution in [-0.4, -0.2) is 21.5 Å². The van der Waals surface area contributed by atoms with Crippen LogP contribution in [-0.2, 0) is 4.79 Å². The maximum atomic E-state index is 12.3. The van der Waals surface area contributed by atoms with Crippen LogP contribution >= 0.6 is 35.0 Å². The van der Waals surface area contributed by atoms with Gasteiger partial charge in [0.05, 0.1) is 16.2 Å². The highest BCUT2D eigenvalue weighted by Crippen LogP contribution is 2.38. The largest absolute Gasteiger partial charge is 0.471 e. The van der Waals surface area contributed by atoms with E-state index in [4.69, 9.17) is 23.2 Å². The molecule has 0 fully saturated rings. The number of rotatable bonds is 3. The molecule has 0 unspecified atom stereocenters. The van der Waals surface area contributed by atoms with E-state index in [1.54, 1.807) is 41.8 Å². The topological polar surface area (TPSA) is 46.4 Å². The molecule has 3 rings (SSSR count). The molecule has 0 aliphatic heterocycles. The third kappa shape index (κ3) is 4.02. The number of hydrogen-bond acceptors (Lipinski definition) is 3. The number of anilines is 1. The molecule has 130 valence electrons. The first kappa shape index (κ1) is 17.9. The summed E-state index contributed by atoms with van der Waals surface area (Å²) in [6.07, 6.45) is -2.04. The number of benzene rings is 1. The monoisotopic (exact) mass is 405 g/mol. The number of alkyl halides is 3. The van der Waals surface area contributed by atoms with Crippen LogP contribution in [0.15, 0.2) is 52.5 Å². The molecule has 2 aromatic heterocycles. The van der Waals surface area contributed by atoms with E-state index in [1.807, 2.05) is 0 Å². The van der Waals surface area contributed by atoms with Gasteiger partial charge in [-0.2, -0.15) is 13.2 Å². The molecule has 0 saturated carbocycles. The maximum absolute atomic E-state index is 12.3. The second kappa shape index (κ2) is 6.78. The first-order valence-electron chi connectivity index (χ1n) is 6.73. The molecule has 2 heterocycles. The number of halogens is 5. The number of nitrogens with one attached hydrogen (secondary N) is 1. The van der Waals surface area contributed by atoms with Crippen molar-refractivity contribution < 1.29 is 18.0 Å². The predicted molar refractivity (Wildman–Crippen MR) is 90.5 cm³/mol. The van der Waals surface area contributed by atoms with Crippen LogP contribution in [0.25, 0.3) is 5.65 Å². The Hall–Kier alpha value is -1.90. The standard InChI is InChI=1S/C15H8Cl2F3N3OS/c16-9-2-1-3-10(17)13(9)25-8-4-5-12-21-11(7-23(12)6-8)22-14(24)15(18,19)20/h1-7H,(H,22,24). The number of amides is 1. The van der Waals surface area contributed by atoms with Crippen LogP contribution in [0.5, 0.6) is 0 Å². The third-order valence-corrected chi connectivity index (χ3v) is 5.04. The fourth-order valence-corrected chi connectivity index (χ4v) is 3.48. The SMILES string of the molecule is O=C(Nc1cn2cc(Sc3c(Cl)cccc3Cl)ccc2n1)C(F)(F)F. The second-order valence-corrected chi connectivity index (χ2v) is 6.76. The first-order valence-corrected chi connectivity index (χ1v) is 8.30. The first-order chi connectivity index (χ1) is 11.7. The van der Waals surface area contributed by atoms with E-state index in [2.05, 4.69) is 4.98 Å². The van der Waals surface area contributed by atoms with Crippen molar-refractivity contribution in [3.8, 4) is 0 Å². The molecule has 0 radical (unpaired) electrons. The van der Waals surface area contributed by atoms with Crippen molar-refractivity contribution in [2.24, 2.45) is 0 Å². The van der Waals surface area contributed by atoms with E-state index in [0.29, 0.717) is 20.6 Å². The molecule has 10 heteroatoms. The Labute approximate surface area is 153 Å². The van der Waals surface area contributed by atoms with Crippen molar-refractivity contribution in [1.82, 2.24) is 9.38 Å². The molecule has 0 aliphatic carbocycles. The zero-order valence-electron chi connectivity index (χ0n) is 12.1. The number of aromatic nitrogens is 2. The molecule has 0 aliphatic rings. The van der Waals surface area contributed by atoms with Gasteiger partial charge in [0.1, 0.15) is 5.65 Å². The molecular weight excluding hydrogens is 398 g/mol. The second-order valence-electron chi connectivity index (χ2n) is 4.86. The average Bonchev–Trinajstić information content (AvgIpc) is 2.91. The molecule has 0 bridgehead atoms. The van der Waals surface area contributed by atoms with Crippen LogP contribution in [0, 0.1) is 0 Å². The van der Waals surface area contributed by atoms with Gasteiger partial charge in [0.2, 0.25) is 0 Å². The van der Waals surface area contributed by atoms with Crippen molar-refractivity contribution in [1.29, 1.82) is 0 Å². The molecule has 4 nitrogen and oxygen atoms in total. The van der Waals surface area contributed by atoms with E-state index in [0.717, 1.165) is 4.90 Å². The van der Waals surface area contributed by atoms with Gasteiger partial charge in [-0.1, -0.05) is 41.0 Å². The molecule has 0 spiro atoms. The van der Waals surface area contributed by atoms with Gasteiger partial charge in [-0.25, -0.2) is 4.98 Å². The molecule has 3 aromatic rings. The van der Waals surface area contributed by atoms with Crippen molar-refractivity contribution in [3.05, 3.63) is 52.8 Å². The minimum Gasteiger partial charge on any atom is -0.304 e. The van der Waals surface area contributed by atoms with E-state index in [1.165, 1.54) is 22.4 Å². The number of carbonyl (C=O) groups is 1. The lowest BCUT2D eigenvalue weighted by atomic mass is 10.4. The van der Waals surface area contributed by atoms with E-state index in [-0.39, 0.29) is 5.82 Å². The van der Waals surface area contributed by atoms with Crippen LogP contribution < -0.4 is 5.32 Å². The summed E-state index contributed by atoms with van der Waals surface area (Å²) in [5.74, 6) is -2.27. The number of fused-ring (bicyclic) bond motifs is 1. The lowest BCUT2D eigenvalue weighted by molar-refractivity contribution is -0.167. The number of imidazole rings is 1.